The van der Waals surface area contributed by atoms with Crippen LogP contribution in [0.1, 0.15) is 10.4 Å². The van der Waals surface area contributed by atoms with Gasteiger partial charge in [0, 0.05) is 4.47 Å². The van der Waals surface area contributed by atoms with Crippen molar-refractivity contribution < 1.29 is 19.0 Å². The zero-order valence-corrected chi connectivity index (χ0v) is 10.1. The summed E-state index contributed by atoms with van der Waals surface area (Å²) in [7, 11) is 0. The van der Waals surface area contributed by atoms with Gasteiger partial charge in [0.15, 0.2) is 0 Å². The summed E-state index contributed by atoms with van der Waals surface area (Å²) in [4.78, 5) is 11.7. The second kappa shape index (κ2) is 5.43. The number of hydrogen-bond donors (Lipinski definition) is 0. The zero-order chi connectivity index (χ0) is 11.4. The van der Waals surface area contributed by atoms with E-state index in [1.54, 1.807) is 24.3 Å². The molecule has 2 rings (SSSR count). The van der Waals surface area contributed by atoms with Gasteiger partial charge < -0.3 is 14.2 Å². The van der Waals surface area contributed by atoms with E-state index in [4.69, 9.17) is 14.2 Å². The summed E-state index contributed by atoms with van der Waals surface area (Å²) in [6.07, 6.45) is -0.593. The summed E-state index contributed by atoms with van der Waals surface area (Å²) < 4.78 is 16.4. The van der Waals surface area contributed by atoms with E-state index in [2.05, 4.69) is 15.9 Å². The summed E-state index contributed by atoms with van der Waals surface area (Å²) in [5.74, 6) is -0.400. The van der Waals surface area contributed by atoms with Gasteiger partial charge >= 0.3 is 5.97 Å². The van der Waals surface area contributed by atoms with Crippen molar-refractivity contribution in [3.8, 4) is 0 Å². The van der Waals surface area contributed by atoms with Gasteiger partial charge in [0.1, 0.15) is 6.61 Å². The van der Waals surface area contributed by atoms with Crippen molar-refractivity contribution in [2.24, 2.45) is 0 Å². The molecule has 1 aliphatic heterocycles. The van der Waals surface area contributed by atoms with E-state index in [1.807, 2.05) is 0 Å². The molecular weight excluding hydrogens is 276 g/mol. The summed E-state index contributed by atoms with van der Waals surface area (Å²) >= 11 is 3.30. The predicted octanol–water partition coefficient (Wildman–Crippen LogP) is 1.98. The minimum atomic E-state index is -0.593. The number of hydrogen-bond acceptors (Lipinski definition) is 4. The Balaban J connectivity index is 1.94. The Kier molecular flexibility index (Phi) is 3.93. The molecule has 1 fully saturated rings. The number of benzene rings is 1. The van der Waals surface area contributed by atoms with Gasteiger partial charge in [0.2, 0.25) is 6.29 Å². The highest BCUT2D eigenvalue weighted by Gasteiger charge is 2.19. The summed E-state index contributed by atoms with van der Waals surface area (Å²) in [6.45, 7) is 1.30. The van der Waals surface area contributed by atoms with Crippen LogP contribution < -0.4 is 0 Å². The lowest BCUT2D eigenvalue weighted by atomic mass is 10.2. The molecule has 0 N–H and O–H groups in total. The lowest BCUT2D eigenvalue weighted by Gasteiger charge is -2.22. The van der Waals surface area contributed by atoms with Crippen LogP contribution in [0.4, 0.5) is 0 Å². The predicted molar refractivity (Wildman–Crippen MR) is 60.1 cm³/mol. The highest BCUT2D eigenvalue weighted by Crippen LogP contribution is 2.13. The molecule has 0 saturated carbocycles. The fourth-order valence-corrected chi connectivity index (χ4v) is 1.57. The third-order valence-electron chi connectivity index (χ3n) is 2.10. The molecule has 1 aromatic carbocycles. The number of ether oxygens (including phenoxy) is 3. The van der Waals surface area contributed by atoms with Crippen molar-refractivity contribution in [2.45, 2.75) is 6.29 Å². The summed E-state index contributed by atoms with van der Waals surface area (Å²) in [5.41, 5.74) is 0.498. The molecule has 1 aromatic rings. The van der Waals surface area contributed by atoms with Crippen LogP contribution in [0.25, 0.3) is 0 Å². The van der Waals surface area contributed by atoms with Gasteiger partial charge in [-0.25, -0.2) is 4.79 Å². The van der Waals surface area contributed by atoms with Crippen LogP contribution in [-0.4, -0.2) is 32.1 Å². The third-order valence-corrected chi connectivity index (χ3v) is 2.63. The Morgan fingerprint density at radius 1 is 1.31 bits per heavy atom. The van der Waals surface area contributed by atoms with Crippen molar-refractivity contribution in [3.63, 3.8) is 0 Å². The lowest BCUT2D eigenvalue weighted by molar-refractivity contribution is -0.186. The van der Waals surface area contributed by atoms with E-state index in [9.17, 15) is 4.79 Å². The van der Waals surface area contributed by atoms with Crippen molar-refractivity contribution in [2.75, 3.05) is 19.8 Å². The minimum Gasteiger partial charge on any atom is -0.430 e. The van der Waals surface area contributed by atoms with Gasteiger partial charge in [-0.2, -0.15) is 0 Å². The first-order chi connectivity index (χ1) is 7.75. The fourth-order valence-electron chi connectivity index (χ4n) is 1.31. The van der Waals surface area contributed by atoms with Crippen LogP contribution in [0.5, 0.6) is 0 Å². The molecule has 5 heteroatoms. The lowest BCUT2D eigenvalue weighted by Crippen LogP contribution is -2.32. The molecule has 4 nitrogen and oxygen atoms in total. The quantitative estimate of drug-likeness (QED) is 0.780. The molecule has 0 amide bonds. The maximum Gasteiger partial charge on any atom is 0.340 e. The van der Waals surface area contributed by atoms with Gasteiger partial charge in [0.05, 0.1) is 18.8 Å². The molecule has 0 aliphatic carbocycles. The standard InChI is InChI=1S/C11H11BrO4/c12-9-3-1-8(2-4-9)11(13)16-10-7-14-5-6-15-10/h1-4,10H,5-7H2. The molecule has 1 atom stereocenters. The SMILES string of the molecule is O=C(OC1COCCO1)c1ccc(Br)cc1. The maximum atomic E-state index is 11.7. The number of carbonyl (C=O) groups excluding carboxylic acids is 1. The minimum absolute atomic E-state index is 0.294. The van der Waals surface area contributed by atoms with E-state index in [0.717, 1.165) is 4.47 Å². The van der Waals surface area contributed by atoms with Crippen molar-refractivity contribution in [3.05, 3.63) is 34.3 Å². The van der Waals surface area contributed by atoms with E-state index >= 15 is 0 Å². The van der Waals surface area contributed by atoms with Gasteiger partial charge in [0.25, 0.3) is 0 Å². The molecule has 0 aromatic heterocycles. The van der Waals surface area contributed by atoms with Crippen LogP contribution in [-0.2, 0) is 14.2 Å². The van der Waals surface area contributed by atoms with E-state index in [-0.39, 0.29) is 0 Å². The average molecular weight is 287 g/mol. The summed E-state index contributed by atoms with van der Waals surface area (Å²) in [5, 5.41) is 0. The van der Waals surface area contributed by atoms with Gasteiger partial charge in [-0.1, -0.05) is 15.9 Å². The second-order valence-electron chi connectivity index (χ2n) is 3.29. The van der Waals surface area contributed by atoms with E-state index in [1.165, 1.54) is 0 Å². The third kappa shape index (κ3) is 3.04. The molecule has 0 bridgehead atoms. The van der Waals surface area contributed by atoms with E-state index in [0.29, 0.717) is 25.4 Å². The normalized spacial score (nSPS) is 20.4. The molecule has 0 spiro atoms. The Morgan fingerprint density at radius 2 is 2.06 bits per heavy atom. The van der Waals surface area contributed by atoms with E-state index < -0.39 is 12.3 Å². The molecule has 1 saturated heterocycles. The number of carbonyl (C=O) groups is 1. The first-order valence-corrected chi connectivity index (χ1v) is 5.71. The number of rotatable bonds is 2. The number of esters is 1. The topological polar surface area (TPSA) is 44.8 Å². The Labute approximate surface area is 102 Å². The molecular formula is C11H11BrO4. The van der Waals surface area contributed by atoms with Crippen molar-refractivity contribution >= 4 is 21.9 Å². The number of halogens is 1. The van der Waals surface area contributed by atoms with Crippen molar-refractivity contribution in [1.29, 1.82) is 0 Å². The highest BCUT2D eigenvalue weighted by atomic mass is 79.9. The Bertz CT molecular complexity index is 357. The molecule has 0 radical (unpaired) electrons. The van der Waals surface area contributed by atoms with Gasteiger partial charge in [-0.3, -0.25) is 0 Å². The maximum absolute atomic E-state index is 11.7. The summed E-state index contributed by atoms with van der Waals surface area (Å²) in [6, 6.07) is 6.95. The van der Waals surface area contributed by atoms with Gasteiger partial charge in [-0.15, -0.1) is 0 Å². The molecule has 1 unspecified atom stereocenters. The zero-order valence-electron chi connectivity index (χ0n) is 8.52. The van der Waals surface area contributed by atoms with Crippen LogP contribution in [0.15, 0.2) is 28.7 Å². The average Bonchev–Trinajstić information content (AvgIpc) is 2.31. The van der Waals surface area contributed by atoms with Gasteiger partial charge in [-0.05, 0) is 24.3 Å². The molecule has 86 valence electrons. The second-order valence-corrected chi connectivity index (χ2v) is 4.20. The largest absolute Gasteiger partial charge is 0.430 e. The highest BCUT2D eigenvalue weighted by molar-refractivity contribution is 9.10. The van der Waals surface area contributed by atoms with Crippen molar-refractivity contribution in [1.82, 2.24) is 0 Å². The van der Waals surface area contributed by atoms with Crippen LogP contribution >= 0.6 is 15.9 Å². The van der Waals surface area contributed by atoms with Crippen LogP contribution in [0.2, 0.25) is 0 Å². The fraction of sp³-hybridized carbons (Fsp3) is 0.364. The Morgan fingerprint density at radius 3 is 2.69 bits per heavy atom. The molecule has 1 heterocycles. The smallest absolute Gasteiger partial charge is 0.340 e. The Hall–Kier alpha value is -0.910. The monoisotopic (exact) mass is 286 g/mol. The molecule has 1 aliphatic rings. The first kappa shape index (κ1) is 11.6. The van der Waals surface area contributed by atoms with Crippen LogP contribution in [0, 0.1) is 0 Å². The molecule has 16 heavy (non-hydrogen) atoms. The van der Waals surface area contributed by atoms with Crippen LogP contribution in [0.3, 0.4) is 0 Å². The first-order valence-electron chi connectivity index (χ1n) is 4.91.